The molecule has 1 aliphatic rings. The fraction of sp³-hybridized carbons (Fsp3) is 0.615. The van der Waals surface area contributed by atoms with E-state index in [1.807, 2.05) is 0 Å². The summed E-state index contributed by atoms with van der Waals surface area (Å²) in [5.74, 6) is 0.236. The second-order valence-corrected chi connectivity index (χ2v) is 5.55. The summed E-state index contributed by atoms with van der Waals surface area (Å²) in [6, 6.07) is 1.27. The Kier molecular flexibility index (Phi) is 4.07. The number of nitrogens with one attached hydrogen (secondary N) is 1. The molecule has 1 aliphatic carbocycles. The highest BCUT2D eigenvalue weighted by Gasteiger charge is 2.37. The summed E-state index contributed by atoms with van der Waals surface area (Å²) in [6.45, 7) is 2.64. The first-order chi connectivity index (χ1) is 8.57. The van der Waals surface area contributed by atoms with E-state index in [9.17, 15) is 4.39 Å². The quantitative estimate of drug-likeness (QED) is 0.888. The first-order valence-electron chi connectivity index (χ1n) is 6.37. The maximum atomic E-state index is 13.8. The number of nitrogens with two attached hydrogens (primary N) is 1. The lowest BCUT2D eigenvalue weighted by molar-refractivity contribution is 0.234. The molecule has 0 bridgehead atoms. The molecule has 0 radical (unpaired) electrons. The van der Waals surface area contributed by atoms with Gasteiger partial charge in [-0.25, -0.2) is 9.37 Å². The zero-order valence-electron chi connectivity index (χ0n) is 10.5. The van der Waals surface area contributed by atoms with E-state index >= 15 is 0 Å². The van der Waals surface area contributed by atoms with Gasteiger partial charge in [0, 0.05) is 12.7 Å². The Morgan fingerprint density at radius 1 is 1.61 bits per heavy atom. The fourth-order valence-electron chi connectivity index (χ4n) is 2.70. The van der Waals surface area contributed by atoms with Crippen LogP contribution in [0.3, 0.4) is 0 Å². The summed E-state index contributed by atoms with van der Waals surface area (Å²) < 4.78 is 13.8. The van der Waals surface area contributed by atoms with E-state index in [0.717, 1.165) is 19.3 Å². The van der Waals surface area contributed by atoms with E-state index in [4.69, 9.17) is 17.3 Å². The lowest BCUT2D eigenvalue weighted by Gasteiger charge is -2.43. The van der Waals surface area contributed by atoms with Crippen LogP contribution in [0, 0.1) is 11.7 Å². The Labute approximate surface area is 112 Å². The van der Waals surface area contributed by atoms with Crippen LogP contribution in [0.2, 0.25) is 5.02 Å². The molecule has 2 atom stereocenters. The Balaban J connectivity index is 2.24. The van der Waals surface area contributed by atoms with Crippen molar-refractivity contribution < 1.29 is 4.39 Å². The number of halogens is 2. The summed E-state index contributed by atoms with van der Waals surface area (Å²) in [6.07, 6.45) is 5.84. The van der Waals surface area contributed by atoms with Gasteiger partial charge in [-0.2, -0.15) is 0 Å². The molecule has 2 unspecified atom stereocenters. The molecule has 1 heterocycles. The Hall–Kier alpha value is -0.870. The van der Waals surface area contributed by atoms with Crippen molar-refractivity contribution in [2.45, 2.75) is 38.1 Å². The third-order valence-electron chi connectivity index (χ3n) is 3.99. The molecule has 1 saturated carbocycles. The van der Waals surface area contributed by atoms with Gasteiger partial charge in [0.05, 0.1) is 10.6 Å². The fourth-order valence-corrected chi connectivity index (χ4v) is 2.84. The first-order valence-corrected chi connectivity index (χ1v) is 6.74. The Bertz CT molecular complexity index is 427. The third kappa shape index (κ3) is 2.59. The van der Waals surface area contributed by atoms with Crippen LogP contribution >= 0.6 is 11.6 Å². The number of hydrogen-bond donors (Lipinski definition) is 2. The van der Waals surface area contributed by atoms with Crippen LogP contribution in [-0.2, 0) is 0 Å². The highest BCUT2D eigenvalue weighted by Crippen LogP contribution is 2.36. The smallest absolute Gasteiger partial charge is 0.166 e. The molecular formula is C13H19ClFN3. The monoisotopic (exact) mass is 271 g/mol. The van der Waals surface area contributed by atoms with Crippen LogP contribution in [0.5, 0.6) is 0 Å². The number of rotatable bonds is 3. The SMILES string of the molecule is CC1CCCCC1(CN)Nc1ncc(Cl)cc1F. The molecule has 0 aromatic carbocycles. The largest absolute Gasteiger partial charge is 0.361 e. The molecule has 2 rings (SSSR count). The average Bonchev–Trinajstić information content (AvgIpc) is 2.35. The van der Waals surface area contributed by atoms with Crippen molar-refractivity contribution in [1.29, 1.82) is 0 Å². The molecule has 5 heteroatoms. The molecule has 3 N–H and O–H groups in total. The Morgan fingerprint density at radius 3 is 3.00 bits per heavy atom. The molecule has 0 spiro atoms. The van der Waals surface area contributed by atoms with Crippen molar-refractivity contribution in [3.05, 3.63) is 23.1 Å². The molecule has 1 aromatic heterocycles. The summed E-state index contributed by atoms with van der Waals surface area (Å²) in [5.41, 5.74) is 5.67. The van der Waals surface area contributed by atoms with Crippen LogP contribution in [0.4, 0.5) is 10.2 Å². The minimum absolute atomic E-state index is 0.249. The third-order valence-corrected chi connectivity index (χ3v) is 4.20. The van der Waals surface area contributed by atoms with Crippen molar-refractivity contribution in [1.82, 2.24) is 4.98 Å². The molecule has 1 fully saturated rings. The van der Waals surface area contributed by atoms with Crippen LogP contribution < -0.4 is 11.1 Å². The van der Waals surface area contributed by atoms with Crippen LogP contribution in [0.1, 0.15) is 32.6 Å². The van der Waals surface area contributed by atoms with Gasteiger partial charge in [0.2, 0.25) is 0 Å². The number of anilines is 1. The summed E-state index contributed by atoms with van der Waals surface area (Å²) in [5, 5.41) is 3.52. The van der Waals surface area contributed by atoms with Crippen molar-refractivity contribution >= 4 is 17.4 Å². The topological polar surface area (TPSA) is 50.9 Å². The zero-order valence-corrected chi connectivity index (χ0v) is 11.3. The van der Waals surface area contributed by atoms with E-state index in [-0.39, 0.29) is 11.4 Å². The van der Waals surface area contributed by atoms with Gasteiger partial charge in [-0.15, -0.1) is 0 Å². The summed E-state index contributed by atoms with van der Waals surface area (Å²) >= 11 is 5.70. The van der Waals surface area contributed by atoms with E-state index in [1.165, 1.54) is 18.7 Å². The van der Waals surface area contributed by atoms with Gasteiger partial charge in [-0.1, -0.05) is 31.4 Å². The molecule has 0 saturated heterocycles. The maximum Gasteiger partial charge on any atom is 0.166 e. The maximum absolute atomic E-state index is 13.8. The number of pyridine rings is 1. The highest BCUT2D eigenvalue weighted by molar-refractivity contribution is 6.30. The van der Waals surface area contributed by atoms with Gasteiger partial charge in [-0.05, 0) is 24.8 Å². The lowest BCUT2D eigenvalue weighted by Crippen LogP contribution is -2.52. The number of nitrogens with zero attached hydrogens (tertiary/aromatic N) is 1. The Morgan fingerprint density at radius 2 is 2.39 bits per heavy atom. The van der Waals surface area contributed by atoms with Gasteiger partial charge in [0.15, 0.2) is 11.6 Å². The molecule has 0 aliphatic heterocycles. The highest BCUT2D eigenvalue weighted by atomic mass is 35.5. The van der Waals surface area contributed by atoms with Crippen LogP contribution in [0.25, 0.3) is 0 Å². The van der Waals surface area contributed by atoms with E-state index in [2.05, 4.69) is 17.2 Å². The molecule has 3 nitrogen and oxygen atoms in total. The van der Waals surface area contributed by atoms with Gasteiger partial charge < -0.3 is 11.1 Å². The van der Waals surface area contributed by atoms with Gasteiger partial charge in [0.25, 0.3) is 0 Å². The van der Waals surface area contributed by atoms with E-state index < -0.39 is 5.82 Å². The normalized spacial score (nSPS) is 28.1. The molecular weight excluding hydrogens is 253 g/mol. The van der Waals surface area contributed by atoms with Gasteiger partial charge in [-0.3, -0.25) is 0 Å². The van der Waals surface area contributed by atoms with Crippen molar-refractivity contribution in [3.8, 4) is 0 Å². The first kappa shape index (κ1) is 13.6. The van der Waals surface area contributed by atoms with Crippen molar-refractivity contribution in [2.75, 3.05) is 11.9 Å². The second-order valence-electron chi connectivity index (χ2n) is 5.12. The van der Waals surface area contributed by atoms with Crippen LogP contribution in [0.15, 0.2) is 12.3 Å². The molecule has 0 amide bonds. The zero-order chi connectivity index (χ0) is 13.2. The summed E-state index contributed by atoms with van der Waals surface area (Å²) in [7, 11) is 0. The summed E-state index contributed by atoms with van der Waals surface area (Å²) in [4.78, 5) is 4.03. The van der Waals surface area contributed by atoms with Gasteiger partial charge in [0.1, 0.15) is 0 Å². The van der Waals surface area contributed by atoms with Crippen LogP contribution in [-0.4, -0.2) is 17.1 Å². The minimum atomic E-state index is -0.423. The lowest BCUT2D eigenvalue weighted by atomic mass is 9.73. The molecule has 1 aromatic rings. The predicted octanol–water partition coefficient (Wildman–Crippen LogP) is 3.19. The van der Waals surface area contributed by atoms with Crippen molar-refractivity contribution in [3.63, 3.8) is 0 Å². The molecule has 100 valence electrons. The number of aromatic nitrogens is 1. The second kappa shape index (κ2) is 5.41. The van der Waals surface area contributed by atoms with Crippen molar-refractivity contribution in [2.24, 2.45) is 11.7 Å². The minimum Gasteiger partial charge on any atom is -0.361 e. The molecule has 18 heavy (non-hydrogen) atoms. The standard InChI is InChI=1S/C13H19ClFN3/c1-9-4-2-3-5-13(9,8-16)18-12-11(15)6-10(14)7-17-12/h6-7,9H,2-5,8,16H2,1H3,(H,17,18). The average molecular weight is 272 g/mol. The van der Waals surface area contributed by atoms with Gasteiger partial charge >= 0.3 is 0 Å². The number of hydrogen-bond acceptors (Lipinski definition) is 3. The predicted molar refractivity (Wildman–Crippen MR) is 72.2 cm³/mol. The van der Waals surface area contributed by atoms with E-state index in [1.54, 1.807) is 0 Å². The van der Waals surface area contributed by atoms with E-state index in [0.29, 0.717) is 17.5 Å².